The summed E-state index contributed by atoms with van der Waals surface area (Å²) in [6, 6.07) is 5.95. The molecule has 2 heteroatoms. The van der Waals surface area contributed by atoms with Gasteiger partial charge in [-0.25, -0.2) is 4.79 Å². The highest BCUT2D eigenvalue weighted by molar-refractivity contribution is 5.94. The van der Waals surface area contributed by atoms with Crippen molar-refractivity contribution in [2.24, 2.45) is 0 Å². The van der Waals surface area contributed by atoms with Gasteiger partial charge in [0.25, 0.3) is 0 Å². The van der Waals surface area contributed by atoms with Crippen LogP contribution in [-0.4, -0.2) is 11.6 Å². The van der Waals surface area contributed by atoms with Crippen molar-refractivity contribution >= 4 is 18.1 Å². The maximum atomic E-state index is 12.5. The second-order valence-electron chi connectivity index (χ2n) is 7.44. The number of carbonyl (C=O) groups excluding carboxylic acids is 1. The Labute approximate surface area is 154 Å². The number of benzene rings is 1. The van der Waals surface area contributed by atoms with Crippen molar-refractivity contribution in [1.82, 2.24) is 0 Å². The van der Waals surface area contributed by atoms with Crippen LogP contribution in [0.2, 0.25) is 0 Å². The van der Waals surface area contributed by atoms with Crippen LogP contribution < -0.4 is 0 Å². The SMILES string of the molecule is CCCC/C=C\c1ccc(C(=O)OC(C)(C)C)c(/C=C\CCCC)c1. The molecular weight excluding hydrogens is 308 g/mol. The van der Waals surface area contributed by atoms with Crippen LogP contribution in [0.15, 0.2) is 30.4 Å². The number of hydrogen-bond donors (Lipinski definition) is 0. The van der Waals surface area contributed by atoms with Gasteiger partial charge in [-0.3, -0.25) is 0 Å². The molecule has 25 heavy (non-hydrogen) atoms. The quantitative estimate of drug-likeness (QED) is 0.355. The molecule has 1 aromatic carbocycles. The molecule has 0 spiro atoms. The number of hydrogen-bond acceptors (Lipinski definition) is 2. The maximum Gasteiger partial charge on any atom is 0.339 e. The Kier molecular flexibility index (Phi) is 9.26. The Hall–Kier alpha value is -1.83. The van der Waals surface area contributed by atoms with E-state index in [9.17, 15) is 4.79 Å². The molecule has 138 valence electrons. The standard InChI is InChI=1S/C23H34O2/c1-6-8-10-12-14-19-16-17-21(22(24)25-23(3,4)5)20(18-19)15-13-11-9-7-2/h12-18H,6-11H2,1-5H3/b14-12-,15-13-. The third-order valence-corrected chi connectivity index (χ3v) is 3.75. The molecule has 0 N–H and O–H groups in total. The Morgan fingerprint density at radius 3 is 2.16 bits per heavy atom. The van der Waals surface area contributed by atoms with Crippen molar-refractivity contribution in [2.75, 3.05) is 0 Å². The van der Waals surface area contributed by atoms with E-state index >= 15 is 0 Å². The second-order valence-corrected chi connectivity index (χ2v) is 7.44. The molecule has 0 aliphatic rings. The van der Waals surface area contributed by atoms with Crippen LogP contribution in [0, 0.1) is 0 Å². The van der Waals surface area contributed by atoms with E-state index < -0.39 is 5.60 Å². The molecule has 0 atom stereocenters. The third kappa shape index (κ3) is 8.72. The zero-order valence-corrected chi connectivity index (χ0v) is 16.6. The molecule has 0 amide bonds. The summed E-state index contributed by atoms with van der Waals surface area (Å²) in [5.74, 6) is -0.260. The largest absolute Gasteiger partial charge is 0.456 e. The normalized spacial score (nSPS) is 12.2. The van der Waals surface area contributed by atoms with Crippen molar-refractivity contribution in [3.8, 4) is 0 Å². The number of unbranched alkanes of at least 4 members (excludes halogenated alkanes) is 4. The molecule has 0 bridgehead atoms. The van der Waals surface area contributed by atoms with Gasteiger partial charge in [-0.2, -0.15) is 0 Å². The van der Waals surface area contributed by atoms with E-state index in [1.54, 1.807) is 0 Å². The van der Waals surface area contributed by atoms with Crippen molar-refractivity contribution in [3.05, 3.63) is 47.0 Å². The van der Waals surface area contributed by atoms with Gasteiger partial charge in [0.05, 0.1) is 5.56 Å². The molecule has 1 aromatic rings. The van der Waals surface area contributed by atoms with Gasteiger partial charge in [0.15, 0.2) is 0 Å². The molecule has 0 unspecified atom stereocenters. The Morgan fingerprint density at radius 2 is 1.60 bits per heavy atom. The summed E-state index contributed by atoms with van der Waals surface area (Å²) in [5, 5.41) is 0. The lowest BCUT2D eigenvalue weighted by Crippen LogP contribution is -2.24. The predicted octanol–water partition coefficient (Wildman–Crippen LogP) is 7.05. The van der Waals surface area contributed by atoms with Gasteiger partial charge in [0.2, 0.25) is 0 Å². The van der Waals surface area contributed by atoms with Crippen LogP contribution >= 0.6 is 0 Å². The fraction of sp³-hybridized carbons (Fsp3) is 0.522. The smallest absolute Gasteiger partial charge is 0.339 e. The number of carbonyl (C=O) groups is 1. The fourth-order valence-corrected chi connectivity index (χ4v) is 2.42. The first-order chi connectivity index (χ1) is 11.9. The summed E-state index contributed by atoms with van der Waals surface area (Å²) >= 11 is 0. The maximum absolute atomic E-state index is 12.5. The molecule has 2 nitrogen and oxygen atoms in total. The summed E-state index contributed by atoms with van der Waals surface area (Å²) in [5.41, 5.74) is 2.20. The first kappa shape index (κ1) is 21.2. The highest BCUT2D eigenvalue weighted by Crippen LogP contribution is 2.20. The van der Waals surface area contributed by atoms with Gasteiger partial charge in [-0.1, -0.05) is 69.9 Å². The van der Waals surface area contributed by atoms with Gasteiger partial charge in [0, 0.05) is 0 Å². The van der Waals surface area contributed by atoms with Gasteiger partial charge in [0.1, 0.15) is 5.60 Å². The lowest BCUT2D eigenvalue weighted by molar-refractivity contribution is 0.00693. The fourth-order valence-electron chi connectivity index (χ4n) is 2.42. The molecule has 0 aromatic heterocycles. The van der Waals surface area contributed by atoms with E-state index in [0.717, 1.165) is 30.4 Å². The van der Waals surface area contributed by atoms with E-state index in [2.05, 4.69) is 44.2 Å². The molecule has 0 aliphatic heterocycles. The zero-order chi connectivity index (χ0) is 18.7. The lowest BCUT2D eigenvalue weighted by Gasteiger charge is -2.20. The Balaban J connectivity index is 3.03. The molecular formula is C23H34O2. The minimum atomic E-state index is -0.487. The molecule has 0 saturated carbocycles. The van der Waals surface area contributed by atoms with Gasteiger partial charge >= 0.3 is 5.97 Å². The Bertz CT molecular complexity index is 589. The highest BCUT2D eigenvalue weighted by Gasteiger charge is 2.19. The molecule has 1 rings (SSSR count). The summed E-state index contributed by atoms with van der Waals surface area (Å²) in [7, 11) is 0. The third-order valence-electron chi connectivity index (χ3n) is 3.75. The van der Waals surface area contributed by atoms with Gasteiger partial charge in [-0.15, -0.1) is 0 Å². The first-order valence-corrected chi connectivity index (χ1v) is 9.58. The number of esters is 1. The van der Waals surface area contributed by atoms with Crippen LogP contribution in [0.5, 0.6) is 0 Å². The van der Waals surface area contributed by atoms with Gasteiger partial charge in [-0.05, 0) is 56.9 Å². The van der Waals surface area contributed by atoms with Gasteiger partial charge < -0.3 is 4.74 Å². The number of allylic oxidation sites excluding steroid dienone is 2. The van der Waals surface area contributed by atoms with Crippen LogP contribution in [0.25, 0.3) is 12.2 Å². The average molecular weight is 343 g/mol. The molecule has 0 radical (unpaired) electrons. The van der Waals surface area contributed by atoms with E-state index in [4.69, 9.17) is 4.74 Å². The summed E-state index contributed by atoms with van der Waals surface area (Å²) in [4.78, 5) is 12.5. The molecule has 0 heterocycles. The monoisotopic (exact) mass is 342 g/mol. The zero-order valence-electron chi connectivity index (χ0n) is 16.6. The Morgan fingerprint density at radius 1 is 1.00 bits per heavy atom. The van der Waals surface area contributed by atoms with Crippen molar-refractivity contribution < 1.29 is 9.53 Å². The van der Waals surface area contributed by atoms with E-state index in [0.29, 0.717) is 5.56 Å². The van der Waals surface area contributed by atoms with Crippen molar-refractivity contribution in [3.63, 3.8) is 0 Å². The van der Waals surface area contributed by atoms with Crippen molar-refractivity contribution in [1.29, 1.82) is 0 Å². The topological polar surface area (TPSA) is 26.3 Å². The van der Waals surface area contributed by atoms with Crippen molar-refractivity contribution in [2.45, 2.75) is 78.7 Å². The minimum absolute atomic E-state index is 0.260. The number of rotatable bonds is 9. The van der Waals surface area contributed by atoms with Crippen LogP contribution in [0.4, 0.5) is 0 Å². The predicted molar refractivity (Wildman–Crippen MR) is 109 cm³/mol. The first-order valence-electron chi connectivity index (χ1n) is 9.58. The van der Waals surface area contributed by atoms with Crippen LogP contribution in [0.1, 0.15) is 94.6 Å². The van der Waals surface area contributed by atoms with Crippen LogP contribution in [0.3, 0.4) is 0 Å². The molecule has 0 aliphatic carbocycles. The van der Waals surface area contributed by atoms with E-state index in [-0.39, 0.29) is 5.97 Å². The molecule has 0 saturated heterocycles. The second kappa shape index (κ2) is 10.9. The van der Waals surface area contributed by atoms with Crippen LogP contribution in [-0.2, 0) is 4.74 Å². The summed E-state index contributed by atoms with van der Waals surface area (Å²) in [6.45, 7) is 10.1. The molecule has 0 fully saturated rings. The summed E-state index contributed by atoms with van der Waals surface area (Å²) in [6.07, 6.45) is 15.4. The van der Waals surface area contributed by atoms with E-state index in [1.165, 1.54) is 19.3 Å². The number of ether oxygens (including phenoxy) is 1. The van der Waals surface area contributed by atoms with E-state index in [1.807, 2.05) is 32.9 Å². The lowest BCUT2D eigenvalue weighted by atomic mass is 10.0. The highest BCUT2D eigenvalue weighted by atomic mass is 16.6. The summed E-state index contributed by atoms with van der Waals surface area (Å²) < 4.78 is 5.55. The average Bonchev–Trinajstić information content (AvgIpc) is 2.54. The minimum Gasteiger partial charge on any atom is -0.456 e.